The SMILES string of the molecule is COc1ccc(CO[C@H]2CC[C@@H]3CC(=O)N3O2)cc1. The minimum absolute atomic E-state index is 0.0581. The quantitative estimate of drug-likeness (QED) is 0.778. The molecule has 2 aliphatic heterocycles. The Balaban J connectivity index is 1.50. The van der Waals surface area contributed by atoms with Gasteiger partial charge in [-0.3, -0.25) is 4.79 Å². The van der Waals surface area contributed by atoms with Crippen LogP contribution in [0.1, 0.15) is 24.8 Å². The van der Waals surface area contributed by atoms with E-state index in [1.165, 1.54) is 5.06 Å². The summed E-state index contributed by atoms with van der Waals surface area (Å²) in [5.41, 5.74) is 1.06. The standard InChI is InChI=1S/C14H17NO4/c1-17-12-5-2-10(3-6-12)9-18-14-7-4-11-8-13(16)15(11)19-14/h2-3,5-6,11,14H,4,7-9H2,1H3/t11-,14-/m1/s1. The van der Waals surface area contributed by atoms with E-state index in [1.54, 1.807) is 7.11 Å². The van der Waals surface area contributed by atoms with Gasteiger partial charge in [0.2, 0.25) is 5.91 Å². The van der Waals surface area contributed by atoms with Crippen molar-refractivity contribution < 1.29 is 19.1 Å². The van der Waals surface area contributed by atoms with Gasteiger partial charge in [-0.05, 0) is 24.1 Å². The van der Waals surface area contributed by atoms with Gasteiger partial charge in [0.15, 0.2) is 6.29 Å². The summed E-state index contributed by atoms with van der Waals surface area (Å²) in [7, 11) is 1.64. The Morgan fingerprint density at radius 1 is 1.32 bits per heavy atom. The second-order valence-corrected chi connectivity index (χ2v) is 4.85. The number of fused-ring (bicyclic) bond motifs is 1. The van der Waals surface area contributed by atoms with Crippen molar-refractivity contribution in [2.24, 2.45) is 0 Å². The molecule has 3 rings (SSSR count). The van der Waals surface area contributed by atoms with E-state index in [-0.39, 0.29) is 18.2 Å². The molecule has 0 spiro atoms. The molecular formula is C14H17NO4. The van der Waals surface area contributed by atoms with Crippen molar-refractivity contribution in [2.45, 2.75) is 38.2 Å². The Bertz CT molecular complexity index is 459. The fourth-order valence-corrected chi connectivity index (χ4v) is 2.36. The molecule has 19 heavy (non-hydrogen) atoms. The van der Waals surface area contributed by atoms with E-state index in [0.717, 1.165) is 24.2 Å². The first-order valence-electron chi connectivity index (χ1n) is 6.49. The number of hydroxylamine groups is 2. The van der Waals surface area contributed by atoms with Crippen molar-refractivity contribution in [3.05, 3.63) is 29.8 Å². The van der Waals surface area contributed by atoms with E-state index in [2.05, 4.69) is 0 Å². The van der Waals surface area contributed by atoms with Crippen LogP contribution in [0.15, 0.2) is 24.3 Å². The summed E-state index contributed by atoms with van der Waals surface area (Å²) in [6.45, 7) is 0.474. The third-order valence-electron chi connectivity index (χ3n) is 3.55. The number of rotatable bonds is 4. The van der Waals surface area contributed by atoms with Gasteiger partial charge >= 0.3 is 0 Å². The fraction of sp³-hybridized carbons (Fsp3) is 0.500. The van der Waals surface area contributed by atoms with Gasteiger partial charge in [0.25, 0.3) is 0 Å². The van der Waals surface area contributed by atoms with Crippen LogP contribution in [0.4, 0.5) is 0 Å². The molecule has 2 fully saturated rings. The zero-order valence-electron chi connectivity index (χ0n) is 10.9. The highest BCUT2D eigenvalue weighted by atomic mass is 16.8. The van der Waals surface area contributed by atoms with Crippen molar-refractivity contribution in [3.8, 4) is 5.75 Å². The average molecular weight is 263 g/mol. The van der Waals surface area contributed by atoms with Gasteiger partial charge in [-0.1, -0.05) is 12.1 Å². The van der Waals surface area contributed by atoms with Gasteiger partial charge in [-0.15, -0.1) is 0 Å². The van der Waals surface area contributed by atoms with Crippen LogP contribution in [-0.4, -0.2) is 30.4 Å². The van der Waals surface area contributed by atoms with Crippen LogP contribution in [0.3, 0.4) is 0 Å². The predicted octanol–water partition coefficient (Wildman–Crippen LogP) is 1.86. The van der Waals surface area contributed by atoms with Gasteiger partial charge in [-0.2, -0.15) is 0 Å². The molecule has 2 atom stereocenters. The van der Waals surface area contributed by atoms with Crippen molar-refractivity contribution in [2.75, 3.05) is 7.11 Å². The number of methoxy groups -OCH3 is 1. The van der Waals surface area contributed by atoms with E-state index in [1.807, 2.05) is 24.3 Å². The molecule has 1 amide bonds. The number of hydrogen-bond acceptors (Lipinski definition) is 4. The van der Waals surface area contributed by atoms with Crippen LogP contribution >= 0.6 is 0 Å². The third-order valence-corrected chi connectivity index (χ3v) is 3.55. The molecule has 5 nitrogen and oxygen atoms in total. The summed E-state index contributed by atoms with van der Waals surface area (Å²) < 4.78 is 10.8. The smallest absolute Gasteiger partial charge is 0.248 e. The molecule has 102 valence electrons. The molecule has 2 aliphatic rings. The first-order valence-corrected chi connectivity index (χ1v) is 6.49. The predicted molar refractivity (Wildman–Crippen MR) is 67.1 cm³/mol. The second-order valence-electron chi connectivity index (χ2n) is 4.85. The largest absolute Gasteiger partial charge is 0.497 e. The molecule has 0 radical (unpaired) electrons. The Morgan fingerprint density at radius 3 is 2.79 bits per heavy atom. The molecule has 0 aliphatic carbocycles. The number of ether oxygens (including phenoxy) is 2. The van der Waals surface area contributed by atoms with Gasteiger partial charge in [0, 0.05) is 6.42 Å². The molecule has 0 N–H and O–H groups in total. The summed E-state index contributed by atoms with van der Waals surface area (Å²) in [6.07, 6.45) is 2.09. The molecule has 0 bridgehead atoms. The molecule has 0 aromatic heterocycles. The molecule has 0 unspecified atom stereocenters. The summed E-state index contributed by atoms with van der Waals surface area (Å²) in [5, 5.41) is 1.46. The molecule has 0 saturated carbocycles. The van der Waals surface area contributed by atoms with Crippen molar-refractivity contribution in [1.29, 1.82) is 0 Å². The highest BCUT2D eigenvalue weighted by Crippen LogP contribution is 2.31. The van der Waals surface area contributed by atoms with Gasteiger partial charge < -0.3 is 9.47 Å². The van der Waals surface area contributed by atoms with E-state index < -0.39 is 0 Å². The monoisotopic (exact) mass is 263 g/mol. The molecule has 5 heteroatoms. The van der Waals surface area contributed by atoms with Gasteiger partial charge in [0.05, 0.1) is 26.2 Å². The van der Waals surface area contributed by atoms with Gasteiger partial charge in [0.1, 0.15) is 5.75 Å². The molecule has 1 aromatic carbocycles. The number of benzene rings is 1. The Morgan fingerprint density at radius 2 is 2.11 bits per heavy atom. The maximum atomic E-state index is 11.3. The summed E-state index contributed by atoms with van der Waals surface area (Å²) in [5.74, 6) is 0.884. The molecule has 1 aromatic rings. The lowest BCUT2D eigenvalue weighted by Gasteiger charge is -2.44. The Kier molecular flexibility index (Phi) is 3.40. The van der Waals surface area contributed by atoms with Crippen LogP contribution in [0.5, 0.6) is 5.75 Å². The number of carbonyl (C=O) groups excluding carboxylic acids is 1. The maximum Gasteiger partial charge on any atom is 0.248 e. The van der Waals surface area contributed by atoms with E-state index in [4.69, 9.17) is 14.3 Å². The minimum atomic E-state index is -0.317. The highest BCUT2D eigenvalue weighted by molar-refractivity contribution is 5.81. The molecule has 2 saturated heterocycles. The summed E-state index contributed by atoms with van der Waals surface area (Å²) in [6, 6.07) is 7.98. The number of nitrogens with zero attached hydrogens (tertiary/aromatic N) is 1. The zero-order valence-corrected chi connectivity index (χ0v) is 10.9. The van der Waals surface area contributed by atoms with Crippen molar-refractivity contribution in [1.82, 2.24) is 5.06 Å². The van der Waals surface area contributed by atoms with Crippen LogP contribution in [-0.2, 0) is 21.0 Å². The third kappa shape index (κ3) is 2.57. The average Bonchev–Trinajstić information content (AvgIpc) is 2.45. The lowest BCUT2D eigenvalue weighted by Crippen LogP contribution is -2.57. The van der Waals surface area contributed by atoms with Crippen LogP contribution in [0, 0.1) is 0 Å². The summed E-state index contributed by atoms with van der Waals surface area (Å²) >= 11 is 0. The van der Waals surface area contributed by atoms with Crippen LogP contribution in [0.25, 0.3) is 0 Å². The zero-order chi connectivity index (χ0) is 13.2. The van der Waals surface area contributed by atoms with Crippen LogP contribution in [0.2, 0.25) is 0 Å². The van der Waals surface area contributed by atoms with Crippen molar-refractivity contribution >= 4 is 5.91 Å². The second kappa shape index (κ2) is 5.19. The normalized spacial score (nSPS) is 25.7. The molecular weight excluding hydrogens is 246 g/mol. The first-order chi connectivity index (χ1) is 9.26. The number of carbonyl (C=O) groups is 1. The minimum Gasteiger partial charge on any atom is -0.497 e. The first kappa shape index (κ1) is 12.4. The fourth-order valence-electron chi connectivity index (χ4n) is 2.36. The van der Waals surface area contributed by atoms with E-state index >= 15 is 0 Å². The Labute approximate surface area is 112 Å². The number of amides is 1. The number of hydrogen-bond donors (Lipinski definition) is 0. The lowest BCUT2D eigenvalue weighted by molar-refractivity contribution is -0.327. The highest BCUT2D eigenvalue weighted by Gasteiger charge is 2.42. The van der Waals surface area contributed by atoms with Gasteiger partial charge in [-0.25, -0.2) is 9.90 Å². The van der Waals surface area contributed by atoms with E-state index in [0.29, 0.717) is 13.0 Å². The van der Waals surface area contributed by atoms with Crippen LogP contribution < -0.4 is 4.74 Å². The molecule has 2 heterocycles. The Hall–Kier alpha value is -1.59. The lowest BCUT2D eigenvalue weighted by atomic mass is 9.98. The topological polar surface area (TPSA) is 48.0 Å². The van der Waals surface area contributed by atoms with E-state index in [9.17, 15) is 4.79 Å². The summed E-state index contributed by atoms with van der Waals surface area (Å²) in [4.78, 5) is 16.8. The maximum absolute atomic E-state index is 11.3. The number of β-lactam (4-membered cyclic amide) rings is 1. The van der Waals surface area contributed by atoms with Crippen molar-refractivity contribution in [3.63, 3.8) is 0 Å².